The van der Waals surface area contributed by atoms with Crippen molar-refractivity contribution in [3.8, 4) is 0 Å². The molecule has 1 aromatic carbocycles. The van der Waals surface area contributed by atoms with E-state index in [0.29, 0.717) is 0 Å². The number of hydrogen-bond donors (Lipinski definition) is 0. The number of benzene rings is 1. The molecule has 0 heterocycles. The average Bonchev–Trinajstić information content (AvgIpc) is 2.03. The second-order valence-electron chi connectivity index (χ2n) is 1.91. The molecule has 0 atom stereocenters. The monoisotopic (exact) mass is 166 g/mol. The van der Waals surface area contributed by atoms with E-state index in [9.17, 15) is 8.42 Å². The Balaban J connectivity index is 3.08. The molecule has 0 saturated carbocycles. The maximum absolute atomic E-state index is 10.0. The maximum atomic E-state index is 10.0. The van der Waals surface area contributed by atoms with E-state index >= 15 is 0 Å². The normalized spacial score (nSPS) is 8.36. The first-order valence-electron chi connectivity index (χ1n) is 3.03. The number of hydrogen-bond acceptors (Lipinski definition) is 2. The fraction of sp³-hybridized carbons (Fsp3) is 0. The highest BCUT2D eigenvalue weighted by Gasteiger charge is 1.79. The minimum Gasteiger partial charge on any atom is -0.176 e. The molecule has 0 saturated heterocycles. The van der Waals surface area contributed by atoms with Gasteiger partial charge in [0.15, 0.2) is 0 Å². The molecule has 56 valence electrons. The van der Waals surface area contributed by atoms with E-state index in [1.54, 1.807) is 12.1 Å². The lowest BCUT2D eigenvalue weighted by Crippen LogP contribution is -1.68. The molecule has 0 aliphatic heterocycles. The molecule has 0 aliphatic rings. The molecule has 0 aromatic heterocycles. The van der Waals surface area contributed by atoms with Crippen molar-refractivity contribution in [2.75, 3.05) is 0 Å². The summed E-state index contributed by atoms with van der Waals surface area (Å²) in [6, 6.07) is 9.15. The molecule has 0 unspecified atom stereocenters. The Kier molecular flexibility index (Phi) is 2.66. The summed E-state index contributed by atoms with van der Waals surface area (Å²) in [6.07, 6.45) is 1.42. The van der Waals surface area contributed by atoms with E-state index in [4.69, 9.17) is 0 Å². The van der Waals surface area contributed by atoms with Gasteiger partial charge in [-0.3, -0.25) is 0 Å². The van der Waals surface area contributed by atoms with E-state index in [-0.39, 0.29) is 0 Å². The van der Waals surface area contributed by atoms with Gasteiger partial charge in [0.1, 0.15) is 0 Å². The third kappa shape index (κ3) is 2.85. The van der Waals surface area contributed by atoms with Gasteiger partial charge in [-0.2, -0.15) is 8.42 Å². The van der Waals surface area contributed by atoms with E-state index in [0.717, 1.165) is 5.56 Å². The van der Waals surface area contributed by atoms with Crippen molar-refractivity contribution in [3.63, 3.8) is 0 Å². The quantitative estimate of drug-likeness (QED) is 0.583. The molecule has 0 spiro atoms. The predicted octanol–water partition coefficient (Wildman–Crippen LogP) is 0.980. The van der Waals surface area contributed by atoms with Gasteiger partial charge in [-0.15, -0.1) is 0 Å². The van der Waals surface area contributed by atoms with E-state index < -0.39 is 10.3 Å². The lowest BCUT2D eigenvalue weighted by molar-refractivity contribution is 0.627. The van der Waals surface area contributed by atoms with Crippen molar-refractivity contribution in [1.82, 2.24) is 0 Å². The Morgan fingerprint density at radius 2 is 1.82 bits per heavy atom. The van der Waals surface area contributed by atoms with Crippen LogP contribution in [0.2, 0.25) is 0 Å². The van der Waals surface area contributed by atoms with Crippen LogP contribution in [0.15, 0.2) is 30.3 Å². The van der Waals surface area contributed by atoms with Gasteiger partial charge >= 0.3 is 0 Å². The Labute approximate surface area is 66.3 Å². The molecule has 11 heavy (non-hydrogen) atoms. The summed E-state index contributed by atoms with van der Waals surface area (Å²) in [5.74, 6) is 0. The highest BCUT2D eigenvalue weighted by atomic mass is 32.2. The molecular formula is C8H6O2S. The minimum absolute atomic E-state index is 0.830. The van der Waals surface area contributed by atoms with Crippen LogP contribution in [-0.4, -0.2) is 13.4 Å². The largest absolute Gasteiger partial charge is 0.260 e. The van der Waals surface area contributed by atoms with Gasteiger partial charge in [0, 0.05) is 11.1 Å². The van der Waals surface area contributed by atoms with Crippen LogP contribution >= 0.6 is 0 Å². The summed E-state index contributed by atoms with van der Waals surface area (Å²) in [6.45, 7) is 0. The molecule has 0 fully saturated rings. The van der Waals surface area contributed by atoms with Crippen molar-refractivity contribution in [2.45, 2.75) is 0 Å². The Morgan fingerprint density at radius 1 is 1.18 bits per heavy atom. The Hall–Kier alpha value is -1.31. The van der Waals surface area contributed by atoms with E-state index in [1.165, 1.54) is 6.08 Å². The van der Waals surface area contributed by atoms with Crippen molar-refractivity contribution >= 4 is 21.4 Å². The summed E-state index contributed by atoms with van der Waals surface area (Å²) in [4.78, 5) is 0. The molecule has 0 amide bonds. The van der Waals surface area contributed by atoms with Crippen LogP contribution < -0.4 is 0 Å². The van der Waals surface area contributed by atoms with Crippen molar-refractivity contribution in [1.29, 1.82) is 0 Å². The second-order valence-corrected chi connectivity index (χ2v) is 2.61. The van der Waals surface area contributed by atoms with Crippen molar-refractivity contribution in [2.24, 2.45) is 0 Å². The first kappa shape index (κ1) is 7.79. The van der Waals surface area contributed by atoms with Crippen molar-refractivity contribution < 1.29 is 8.42 Å². The number of rotatable bonds is 1. The topological polar surface area (TPSA) is 34.1 Å². The van der Waals surface area contributed by atoms with Gasteiger partial charge in [-0.05, 0) is 5.56 Å². The van der Waals surface area contributed by atoms with Gasteiger partial charge in [-0.25, -0.2) is 0 Å². The fourth-order valence-electron chi connectivity index (χ4n) is 0.665. The molecule has 0 aliphatic carbocycles. The van der Waals surface area contributed by atoms with Gasteiger partial charge in [0.2, 0.25) is 0 Å². The molecular weight excluding hydrogens is 160 g/mol. The molecule has 0 radical (unpaired) electrons. The molecule has 2 nitrogen and oxygen atoms in total. The van der Waals surface area contributed by atoms with Crippen molar-refractivity contribution in [3.05, 3.63) is 35.9 Å². The lowest BCUT2D eigenvalue weighted by Gasteiger charge is -1.84. The summed E-state index contributed by atoms with van der Waals surface area (Å²) in [5.41, 5.74) is 0.830. The predicted molar refractivity (Wildman–Crippen MR) is 44.8 cm³/mol. The second kappa shape index (κ2) is 3.76. The Morgan fingerprint density at radius 3 is 2.36 bits per heavy atom. The summed E-state index contributed by atoms with van der Waals surface area (Å²) < 4.78 is 20.1. The highest BCUT2D eigenvalue weighted by Crippen LogP contribution is 1.97. The van der Waals surface area contributed by atoms with Crippen LogP contribution in [-0.2, 0) is 10.3 Å². The van der Waals surface area contributed by atoms with Crippen LogP contribution in [0.4, 0.5) is 0 Å². The highest BCUT2D eigenvalue weighted by molar-refractivity contribution is 7.71. The van der Waals surface area contributed by atoms with Gasteiger partial charge in [0.25, 0.3) is 10.3 Å². The molecule has 1 rings (SSSR count). The third-order valence-corrected chi connectivity index (χ3v) is 1.43. The SMILES string of the molecule is O=S(=O)=C=Cc1ccccc1. The van der Waals surface area contributed by atoms with Gasteiger partial charge in [-0.1, -0.05) is 30.3 Å². The van der Waals surface area contributed by atoms with Gasteiger partial charge < -0.3 is 0 Å². The minimum atomic E-state index is -2.22. The molecule has 1 aromatic rings. The zero-order valence-electron chi connectivity index (χ0n) is 5.69. The van der Waals surface area contributed by atoms with Crippen LogP contribution in [0, 0.1) is 0 Å². The van der Waals surface area contributed by atoms with Gasteiger partial charge in [0.05, 0.1) is 0 Å². The van der Waals surface area contributed by atoms with E-state index in [1.807, 2.05) is 18.2 Å². The zero-order valence-corrected chi connectivity index (χ0v) is 6.51. The molecule has 0 N–H and O–H groups in total. The smallest absolute Gasteiger partial charge is 0.176 e. The lowest BCUT2D eigenvalue weighted by atomic mass is 10.2. The average molecular weight is 166 g/mol. The first-order valence-corrected chi connectivity index (χ1v) is 4.10. The molecule has 0 bridgehead atoms. The third-order valence-electron chi connectivity index (χ3n) is 1.12. The standard InChI is InChI=1S/C8H6O2S/c9-11(10)7-6-8-4-2-1-3-5-8/h1-6H. The maximum Gasteiger partial charge on any atom is 0.260 e. The van der Waals surface area contributed by atoms with Crippen LogP contribution in [0.25, 0.3) is 6.08 Å². The zero-order chi connectivity index (χ0) is 8.10. The van der Waals surface area contributed by atoms with Crippen LogP contribution in [0.5, 0.6) is 0 Å². The summed E-state index contributed by atoms with van der Waals surface area (Å²) in [5, 5.41) is 2.15. The fourth-order valence-corrected chi connectivity index (χ4v) is 0.898. The molecule has 3 heteroatoms. The van der Waals surface area contributed by atoms with E-state index in [2.05, 4.69) is 5.02 Å². The summed E-state index contributed by atoms with van der Waals surface area (Å²) in [7, 11) is -2.22. The summed E-state index contributed by atoms with van der Waals surface area (Å²) >= 11 is 0. The van der Waals surface area contributed by atoms with Crippen LogP contribution in [0.1, 0.15) is 5.56 Å². The van der Waals surface area contributed by atoms with Crippen LogP contribution in [0.3, 0.4) is 0 Å². The first-order chi connectivity index (χ1) is 5.29. The Bertz CT molecular complexity index is 375.